The number of aryl methyl sites for hydroxylation is 2. The van der Waals surface area contributed by atoms with Crippen LogP contribution < -0.4 is 4.90 Å². The number of fused-ring (bicyclic) bond motifs is 3. The molecule has 4 rings (SSSR count). The maximum Gasteiger partial charge on any atom is 0.0449 e. The zero-order valence-electron chi connectivity index (χ0n) is 20.7. The lowest BCUT2D eigenvalue weighted by atomic mass is 9.82. The fourth-order valence-corrected chi connectivity index (χ4v) is 4.59. The van der Waals surface area contributed by atoms with Gasteiger partial charge in [-0.1, -0.05) is 56.3 Å². The molecule has 0 bridgehead atoms. The Morgan fingerprint density at radius 2 is 1.46 bits per heavy atom. The van der Waals surface area contributed by atoms with E-state index >= 15 is 0 Å². The van der Waals surface area contributed by atoms with Gasteiger partial charge in [0.1, 0.15) is 0 Å². The van der Waals surface area contributed by atoms with Crippen LogP contribution in [0.4, 0.5) is 11.4 Å². The molecular weight excluding hydrogens is 338 g/mol. The van der Waals surface area contributed by atoms with Gasteiger partial charge >= 0.3 is 0 Å². The summed E-state index contributed by atoms with van der Waals surface area (Å²) in [6, 6.07) is 20.6. The molecule has 1 aliphatic carbocycles. The third-order valence-electron chi connectivity index (χ3n) is 5.97. The Hall–Kier alpha value is -2.54. The van der Waals surface area contributed by atoms with Gasteiger partial charge in [0, 0.05) is 26.4 Å². The molecule has 1 heteroatoms. The van der Waals surface area contributed by atoms with E-state index in [9.17, 15) is 0 Å². The van der Waals surface area contributed by atoms with Crippen molar-refractivity contribution in [3.63, 3.8) is 0 Å². The Bertz CT molecular complexity index is 1150. The molecular formula is C27H31N. The molecule has 0 unspecified atom stereocenters. The van der Waals surface area contributed by atoms with Crippen LogP contribution in [0.5, 0.6) is 0 Å². The Labute approximate surface area is 174 Å². The van der Waals surface area contributed by atoms with Crippen LogP contribution in [0, 0.1) is 13.8 Å². The summed E-state index contributed by atoms with van der Waals surface area (Å²) in [5.41, 5.74) is 7.42. The van der Waals surface area contributed by atoms with Crippen molar-refractivity contribution < 1.29 is 4.11 Å². The van der Waals surface area contributed by atoms with Crippen molar-refractivity contribution in [1.82, 2.24) is 0 Å². The second-order valence-corrected chi connectivity index (χ2v) is 9.38. The van der Waals surface area contributed by atoms with Gasteiger partial charge < -0.3 is 4.90 Å². The first-order chi connectivity index (χ1) is 14.3. The lowest BCUT2D eigenvalue weighted by molar-refractivity contribution is 0.557. The van der Waals surface area contributed by atoms with Gasteiger partial charge in [-0.2, -0.15) is 0 Å². The molecule has 1 aliphatic rings. The van der Waals surface area contributed by atoms with E-state index in [0.717, 1.165) is 28.1 Å². The zero-order valence-corrected chi connectivity index (χ0v) is 17.7. The molecule has 28 heavy (non-hydrogen) atoms. The summed E-state index contributed by atoms with van der Waals surface area (Å²) in [6.45, 7) is 10.7. The average Bonchev–Trinajstić information content (AvgIpc) is 2.89. The highest BCUT2D eigenvalue weighted by Gasteiger charge is 2.37. The van der Waals surface area contributed by atoms with Gasteiger partial charge in [0.15, 0.2) is 0 Å². The molecule has 0 heterocycles. The summed E-state index contributed by atoms with van der Waals surface area (Å²) < 4.78 is 25.1. The number of para-hydroxylation sites is 1. The largest absolute Gasteiger partial charge is 0.336 e. The van der Waals surface area contributed by atoms with E-state index in [-0.39, 0.29) is 11.0 Å². The number of anilines is 2. The molecule has 3 aromatic rings. The van der Waals surface area contributed by atoms with Crippen LogP contribution in [-0.4, -0.2) is 5.54 Å². The molecule has 0 aromatic heterocycles. The van der Waals surface area contributed by atoms with Crippen LogP contribution >= 0.6 is 0 Å². The van der Waals surface area contributed by atoms with Crippen LogP contribution in [0.25, 0.3) is 11.1 Å². The van der Waals surface area contributed by atoms with E-state index in [1.807, 2.05) is 24.3 Å². The van der Waals surface area contributed by atoms with Crippen molar-refractivity contribution >= 4 is 11.4 Å². The fraction of sp³-hybridized carbons (Fsp3) is 0.333. The summed E-state index contributed by atoms with van der Waals surface area (Å²) >= 11 is 0. The highest BCUT2D eigenvalue weighted by atomic mass is 15.2. The second kappa shape index (κ2) is 6.24. The summed E-state index contributed by atoms with van der Waals surface area (Å²) in [5, 5.41) is 0. The van der Waals surface area contributed by atoms with Gasteiger partial charge in [0.25, 0.3) is 0 Å². The third kappa shape index (κ3) is 2.76. The van der Waals surface area contributed by atoms with Gasteiger partial charge in [-0.05, 0) is 86.1 Å². The summed E-state index contributed by atoms with van der Waals surface area (Å²) in [7, 11) is 0. The van der Waals surface area contributed by atoms with Crippen molar-refractivity contribution in [2.75, 3.05) is 4.90 Å². The number of rotatable bonds is 2. The second-order valence-electron chi connectivity index (χ2n) is 9.38. The Balaban J connectivity index is 2.08. The first kappa shape index (κ1) is 15.4. The average molecular weight is 373 g/mol. The van der Waals surface area contributed by atoms with Gasteiger partial charge in [0.05, 0.1) is 0 Å². The number of hydrogen-bond donors (Lipinski definition) is 0. The van der Waals surface area contributed by atoms with Gasteiger partial charge in [0.2, 0.25) is 0 Å². The standard InChI is InChI=1S/C27H31N/c1-18-12-8-11-15-24(18)28(26(3,4)5)25-17-23-21(16-19(25)2)20-13-9-10-14-22(20)27(23,6)7/h8-17H,1-7H3/i2D3. The smallest absolute Gasteiger partial charge is 0.0449 e. The van der Waals surface area contributed by atoms with Crippen LogP contribution in [0.15, 0.2) is 60.7 Å². The molecule has 3 aromatic carbocycles. The van der Waals surface area contributed by atoms with E-state index in [4.69, 9.17) is 4.11 Å². The van der Waals surface area contributed by atoms with Gasteiger partial charge in [-0.25, -0.2) is 0 Å². The maximum absolute atomic E-state index is 8.38. The molecule has 0 saturated carbocycles. The van der Waals surface area contributed by atoms with Crippen molar-refractivity contribution in [3.05, 3.63) is 82.9 Å². The summed E-state index contributed by atoms with van der Waals surface area (Å²) in [5.74, 6) is 0. The van der Waals surface area contributed by atoms with E-state index in [1.54, 1.807) is 0 Å². The minimum atomic E-state index is -2.22. The van der Waals surface area contributed by atoms with Gasteiger partial charge in [-0.15, -0.1) is 0 Å². The predicted molar refractivity (Wildman–Crippen MR) is 122 cm³/mol. The van der Waals surface area contributed by atoms with Crippen molar-refractivity contribution in [2.45, 2.75) is 59.3 Å². The topological polar surface area (TPSA) is 3.24 Å². The molecule has 0 aliphatic heterocycles. The molecule has 1 nitrogen and oxygen atoms in total. The molecule has 144 valence electrons. The lowest BCUT2D eigenvalue weighted by Gasteiger charge is -2.40. The van der Waals surface area contributed by atoms with Crippen molar-refractivity contribution in [3.8, 4) is 11.1 Å². The predicted octanol–water partition coefficient (Wildman–Crippen LogP) is 7.55. The summed E-state index contributed by atoms with van der Waals surface area (Å²) in [4.78, 5) is 2.20. The number of nitrogens with zero attached hydrogens (tertiary/aromatic N) is 1. The van der Waals surface area contributed by atoms with E-state index < -0.39 is 6.85 Å². The van der Waals surface area contributed by atoms with Gasteiger partial charge in [-0.3, -0.25) is 0 Å². The first-order valence-corrected chi connectivity index (χ1v) is 9.98. The summed E-state index contributed by atoms with van der Waals surface area (Å²) in [6.07, 6.45) is 0. The SMILES string of the molecule is [2H]C([2H])([2H])c1cc2c(cc1N(c1ccccc1C)C(C)(C)C)C(C)(C)c1ccccc1-2. The lowest BCUT2D eigenvalue weighted by Crippen LogP contribution is -2.38. The molecule has 0 fully saturated rings. The highest BCUT2D eigenvalue weighted by molar-refractivity contribution is 5.85. The fourth-order valence-electron chi connectivity index (χ4n) is 4.59. The monoisotopic (exact) mass is 372 g/mol. The van der Waals surface area contributed by atoms with E-state index in [0.29, 0.717) is 5.56 Å². The molecule has 0 N–H and O–H groups in total. The van der Waals surface area contributed by atoms with Crippen LogP contribution in [0.2, 0.25) is 0 Å². The van der Waals surface area contributed by atoms with Crippen LogP contribution in [0.3, 0.4) is 0 Å². The third-order valence-corrected chi connectivity index (χ3v) is 5.97. The maximum atomic E-state index is 8.38. The molecule has 0 saturated heterocycles. The highest BCUT2D eigenvalue weighted by Crippen LogP contribution is 2.51. The Morgan fingerprint density at radius 1 is 0.786 bits per heavy atom. The minimum Gasteiger partial charge on any atom is -0.336 e. The van der Waals surface area contributed by atoms with Crippen molar-refractivity contribution in [1.29, 1.82) is 0 Å². The van der Waals surface area contributed by atoms with E-state index in [1.165, 1.54) is 11.1 Å². The molecule has 0 amide bonds. The quantitative estimate of drug-likeness (QED) is 0.449. The number of hydrogen-bond acceptors (Lipinski definition) is 1. The number of benzene rings is 3. The Kier molecular flexibility index (Phi) is 3.43. The minimum absolute atomic E-state index is 0.191. The zero-order chi connectivity index (χ0) is 22.8. The Morgan fingerprint density at radius 3 is 2.14 bits per heavy atom. The van der Waals surface area contributed by atoms with Crippen LogP contribution in [0.1, 0.15) is 61.0 Å². The molecule has 0 radical (unpaired) electrons. The van der Waals surface area contributed by atoms with E-state index in [2.05, 4.69) is 82.8 Å². The normalized spacial score (nSPS) is 16.6. The van der Waals surface area contributed by atoms with Crippen LogP contribution in [-0.2, 0) is 5.41 Å². The van der Waals surface area contributed by atoms with Crippen molar-refractivity contribution in [2.24, 2.45) is 0 Å². The molecule has 0 atom stereocenters. The first-order valence-electron chi connectivity index (χ1n) is 11.5. The molecule has 0 spiro atoms.